The van der Waals surface area contributed by atoms with Gasteiger partial charge in [0.1, 0.15) is 0 Å². The molecule has 0 atom stereocenters. The van der Waals surface area contributed by atoms with Crippen molar-refractivity contribution in [2.24, 2.45) is 0 Å². The van der Waals surface area contributed by atoms with E-state index >= 15 is 0 Å². The van der Waals surface area contributed by atoms with Crippen LogP contribution in [0.1, 0.15) is 102 Å². The van der Waals surface area contributed by atoms with E-state index in [1.165, 1.54) is 88.2 Å². The number of nitrogens with zero attached hydrogens (tertiary/aromatic N) is 2. The number of rotatable bonds is 15. The van der Waals surface area contributed by atoms with Gasteiger partial charge in [0.25, 0.3) is 0 Å². The lowest BCUT2D eigenvalue weighted by Crippen LogP contribution is -1.94. The average Bonchev–Trinajstić information content (AvgIpc) is 2.73. The molecule has 0 bridgehead atoms. The Morgan fingerprint density at radius 1 is 0.536 bits per heavy atom. The van der Waals surface area contributed by atoms with Crippen LogP contribution in [0.5, 0.6) is 0 Å². The lowest BCUT2D eigenvalue weighted by molar-refractivity contribution is 0.607. The third-order valence-electron chi connectivity index (χ3n) is 5.55. The van der Waals surface area contributed by atoms with Crippen LogP contribution >= 0.6 is 0 Å². The van der Waals surface area contributed by atoms with Gasteiger partial charge in [0.05, 0.1) is 11.4 Å². The van der Waals surface area contributed by atoms with Crippen LogP contribution in [0, 0.1) is 0 Å². The molecule has 0 aliphatic rings. The second-order valence-electron chi connectivity index (χ2n) is 8.13. The lowest BCUT2D eigenvalue weighted by atomic mass is 10.0. The van der Waals surface area contributed by atoms with E-state index in [0.717, 1.165) is 24.2 Å². The van der Waals surface area contributed by atoms with Crippen molar-refractivity contribution in [3.63, 3.8) is 0 Å². The van der Waals surface area contributed by atoms with Gasteiger partial charge in [0, 0.05) is 12.4 Å². The van der Waals surface area contributed by atoms with Gasteiger partial charge in [-0.1, -0.05) is 78.1 Å². The summed E-state index contributed by atoms with van der Waals surface area (Å²) in [5.41, 5.74) is 4.83. The molecule has 0 N–H and O–H groups in total. The molecule has 2 nitrogen and oxygen atoms in total. The van der Waals surface area contributed by atoms with Gasteiger partial charge in [-0.2, -0.15) is 0 Å². The molecule has 0 aliphatic heterocycles. The Morgan fingerprint density at radius 3 is 1.36 bits per heavy atom. The van der Waals surface area contributed by atoms with Crippen molar-refractivity contribution in [2.45, 2.75) is 104 Å². The molecule has 0 spiro atoms. The van der Waals surface area contributed by atoms with Crippen molar-refractivity contribution < 1.29 is 0 Å². The molecule has 2 rings (SSSR count). The van der Waals surface area contributed by atoms with Crippen molar-refractivity contribution in [1.29, 1.82) is 0 Å². The highest BCUT2D eigenvalue weighted by Gasteiger charge is 2.04. The zero-order chi connectivity index (χ0) is 19.9. The minimum Gasteiger partial charge on any atom is -0.255 e. The van der Waals surface area contributed by atoms with E-state index < -0.39 is 0 Å². The van der Waals surface area contributed by atoms with Crippen molar-refractivity contribution >= 4 is 0 Å². The highest BCUT2D eigenvalue weighted by Crippen LogP contribution is 2.19. The fourth-order valence-electron chi connectivity index (χ4n) is 3.76. The summed E-state index contributed by atoms with van der Waals surface area (Å²) >= 11 is 0. The first-order chi connectivity index (χ1) is 13.8. The summed E-state index contributed by atoms with van der Waals surface area (Å²) in [6, 6.07) is 8.80. The summed E-state index contributed by atoms with van der Waals surface area (Å²) in [6.45, 7) is 4.55. The molecule has 154 valence electrons. The van der Waals surface area contributed by atoms with Crippen LogP contribution in [0.15, 0.2) is 36.7 Å². The monoisotopic (exact) mass is 380 g/mol. The van der Waals surface area contributed by atoms with Crippen molar-refractivity contribution in [3.8, 4) is 11.4 Å². The maximum Gasteiger partial charge on any atom is 0.0888 e. The number of aryl methyl sites for hydroxylation is 2. The molecule has 0 radical (unpaired) electrons. The molecule has 0 saturated heterocycles. The van der Waals surface area contributed by atoms with Gasteiger partial charge in [0.2, 0.25) is 0 Å². The largest absolute Gasteiger partial charge is 0.255 e. The highest BCUT2D eigenvalue weighted by molar-refractivity contribution is 5.55. The molecule has 0 saturated carbocycles. The lowest BCUT2D eigenvalue weighted by Gasteiger charge is -2.07. The molecular weight excluding hydrogens is 340 g/mol. The highest BCUT2D eigenvalue weighted by atomic mass is 14.8. The van der Waals surface area contributed by atoms with E-state index in [4.69, 9.17) is 0 Å². The Balaban J connectivity index is 1.82. The second kappa shape index (κ2) is 14.3. The Kier molecular flexibility index (Phi) is 11.6. The first-order valence-electron chi connectivity index (χ1n) is 11.7. The van der Waals surface area contributed by atoms with Crippen LogP contribution in [0.3, 0.4) is 0 Å². The van der Waals surface area contributed by atoms with Gasteiger partial charge < -0.3 is 0 Å². The third-order valence-corrected chi connectivity index (χ3v) is 5.55. The molecule has 0 aromatic carbocycles. The minimum absolute atomic E-state index is 1.02. The van der Waals surface area contributed by atoms with Crippen molar-refractivity contribution in [3.05, 3.63) is 47.8 Å². The average molecular weight is 381 g/mol. The number of hydrogen-bond acceptors (Lipinski definition) is 2. The molecule has 2 aromatic heterocycles. The molecule has 0 unspecified atom stereocenters. The summed E-state index contributed by atoms with van der Waals surface area (Å²) in [5, 5.41) is 0. The summed E-state index contributed by atoms with van der Waals surface area (Å²) in [6.07, 6.45) is 22.3. The molecule has 2 heterocycles. The molecule has 28 heavy (non-hydrogen) atoms. The standard InChI is InChI=1S/C26H40N2/c1-3-5-7-9-11-13-15-23-17-19-27-25(21-23)26-22-24(18-20-28-26)16-14-12-10-8-6-4-2/h17-22H,3-16H2,1-2H3. The number of unbranched alkanes of at least 4 members (excludes halogenated alkanes) is 10. The fourth-order valence-corrected chi connectivity index (χ4v) is 3.76. The SMILES string of the molecule is CCCCCCCCc1ccnc(-c2cc(CCCCCCCC)ccn2)c1. The summed E-state index contributed by atoms with van der Waals surface area (Å²) in [4.78, 5) is 9.17. The van der Waals surface area contributed by atoms with Gasteiger partial charge >= 0.3 is 0 Å². The third kappa shape index (κ3) is 8.99. The summed E-state index contributed by atoms with van der Waals surface area (Å²) in [7, 11) is 0. The normalized spacial score (nSPS) is 11.1. The second-order valence-corrected chi connectivity index (χ2v) is 8.13. The summed E-state index contributed by atoms with van der Waals surface area (Å²) < 4.78 is 0. The minimum atomic E-state index is 1.02. The van der Waals surface area contributed by atoms with Crippen LogP contribution in [0.2, 0.25) is 0 Å². The van der Waals surface area contributed by atoms with Gasteiger partial charge in [-0.25, -0.2) is 0 Å². The molecule has 0 amide bonds. The molecule has 2 heteroatoms. The van der Waals surface area contributed by atoms with Crippen molar-refractivity contribution in [2.75, 3.05) is 0 Å². The van der Waals surface area contributed by atoms with Gasteiger partial charge in [-0.15, -0.1) is 0 Å². The number of aromatic nitrogens is 2. The van der Waals surface area contributed by atoms with E-state index in [1.807, 2.05) is 12.4 Å². The van der Waals surface area contributed by atoms with Crippen LogP contribution in [-0.4, -0.2) is 9.97 Å². The number of hydrogen-bond donors (Lipinski definition) is 0. The summed E-state index contributed by atoms with van der Waals surface area (Å²) in [5.74, 6) is 0. The van der Waals surface area contributed by atoms with Gasteiger partial charge in [-0.3, -0.25) is 9.97 Å². The Morgan fingerprint density at radius 2 is 0.929 bits per heavy atom. The van der Waals surface area contributed by atoms with Crippen LogP contribution < -0.4 is 0 Å². The fraction of sp³-hybridized carbons (Fsp3) is 0.615. The van der Waals surface area contributed by atoms with E-state index in [2.05, 4.69) is 48.1 Å². The Hall–Kier alpha value is -1.70. The van der Waals surface area contributed by atoms with Crippen LogP contribution in [-0.2, 0) is 12.8 Å². The first kappa shape index (κ1) is 22.6. The van der Waals surface area contributed by atoms with E-state index in [-0.39, 0.29) is 0 Å². The predicted octanol–water partition coefficient (Wildman–Crippen LogP) is 7.95. The molecule has 2 aromatic rings. The van der Waals surface area contributed by atoms with Crippen LogP contribution in [0.4, 0.5) is 0 Å². The predicted molar refractivity (Wildman–Crippen MR) is 122 cm³/mol. The van der Waals surface area contributed by atoms with Gasteiger partial charge in [-0.05, 0) is 61.1 Å². The van der Waals surface area contributed by atoms with E-state index in [9.17, 15) is 0 Å². The quantitative estimate of drug-likeness (QED) is 0.293. The Bertz CT molecular complexity index is 593. The van der Waals surface area contributed by atoms with Crippen LogP contribution in [0.25, 0.3) is 11.4 Å². The van der Waals surface area contributed by atoms with Crippen molar-refractivity contribution in [1.82, 2.24) is 9.97 Å². The molecule has 0 aliphatic carbocycles. The smallest absolute Gasteiger partial charge is 0.0888 e. The maximum atomic E-state index is 4.59. The molecule has 0 fully saturated rings. The van der Waals surface area contributed by atoms with Gasteiger partial charge in [0.15, 0.2) is 0 Å². The zero-order valence-electron chi connectivity index (χ0n) is 18.3. The van der Waals surface area contributed by atoms with E-state index in [0.29, 0.717) is 0 Å². The topological polar surface area (TPSA) is 25.8 Å². The number of pyridine rings is 2. The Labute approximate surface area is 173 Å². The molecular formula is C26H40N2. The zero-order valence-corrected chi connectivity index (χ0v) is 18.3. The van der Waals surface area contributed by atoms with E-state index in [1.54, 1.807) is 0 Å². The maximum absolute atomic E-state index is 4.59. The first-order valence-corrected chi connectivity index (χ1v) is 11.7.